The van der Waals surface area contributed by atoms with Crippen LogP contribution in [0.25, 0.3) is 0 Å². The van der Waals surface area contributed by atoms with Gasteiger partial charge in [0.25, 0.3) is 11.8 Å². The van der Waals surface area contributed by atoms with Crippen molar-refractivity contribution in [3.05, 3.63) is 29.3 Å². The first-order valence-corrected chi connectivity index (χ1v) is 6.26. The lowest BCUT2D eigenvalue weighted by atomic mass is 9.98. The number of hydrogen-bond acceptors (Lipinski definition) is 4. The van der Waals surface area contributed by atoms with Crippen LogP contribution in [-0.4, -0.2) is 36.3 Å². The van der Waals surface area contributed by atoms with Crippen LogP contribution in [-0.2, 0) is 0 Å². The lowest BCUT2D eigenvalue weighted by molar-refractivity contribution is 0.0165. The van der Waals surface area contributed by atoms with Gasteiger partial charge in [-0.15, -0.1) is 0 Å². The normalized spacial score (nSPS) is 22.9. The van der Waals surface area contributed by atoms with Crippen LogP contribution in [0.15, 0.2) is 23.2 Å². The molecular formula is C13H14F2N4O. The van der Waals surface area contributed by atoms with Crippen LogP contribution in [0.4, 0.5) is 14.5 Å². The average molecular weight is 280 g/mol. The zero-order valence-electron chi connectivity index (χ0n) is 10.9. The number of halogens is 2. The van der Waals surface area contributed by atoms with E-state index in [1.54, 1.807) is 18.2 Å². The first-order chi connectivity index (χ1) is 9.41. The average Bonchev–Trinajstić information content (AvgIpc) is 2.74. The summed E-state index contributed by atoms with van der Waals surface area (Å²) in [4.78, 5) is 17.2. The van der Waals surface area contributed by atoms with E-state index in [-0.39, 0.29) is 18.3 Å². The molecule has 3 rings (SSSR count). The highest BCUT2D eigenvalue weighted by Crippen LogP contribution is 2.46. The molecule has 0 radical (unpaired) electrons. The summed E-state index contributed by atoms with van der Waals surface area (Å²) >= 11 is 0. The van der Waals surface area contributed by atoms with Gasteiger partial charge < -0.3 is 16.0 Å². The first kappa shape index (κ1) is 12.8. The van der Waals surface area contributed by atoms with E-state index in [0.717, 1.165) is 0 Å². The van der Waals surface area contributed by atoms with E-state index in [2.05, 4.69) is 10.3 Å². The molecule has 3 N–H and O–H groups in total. The van der Waals surface area contributed by atoms with Crippen LogP contribution < -0.4 is 11.1 Å². The summed E-state index contributed by atoms with van der Waals surface area (Å²) in [7, 11) is 1.52. The van der Waals surface area contributed by atoms with Crippen molar-refractivity contribution in [1.82, 2.24) is 10.2 Å². The monoisotopic (exact) mass is 280 g/mol. The summed E-state index contributed by atoms with van der Waals surface area (Å²) in [5, 5.41) is 2.51. The molecule has 5 nitrogen and oxygen atoms in total. The molecule has 1 aromatic carbocycles. The molecule has 0 aliphatic carbocycles. The number of aliphatic imine (C=N–C) groups is 1. The van der Waals surface area contributed by atoms with Crippen molar-refractivity contribution >= 4 is 17.6 Å². The predicted molar refractivity (Wildman–Crippen MR) is 70.1 cm³/mol. The Morgan fingerprint density at radius 3 is 3.00 bits per heavy atom. The number of hydrogen-bond donors (Lipinski definition) is 2. The molecule has 2 aliphatic heterocycles. The molecule has 1 amide bonds. The second-order valence-electron chi connectivity index (χ2n) is 5.03. The van der Waals surface area contributed by atoms with Crippen LogP contribution in [0.5, 0.6) is 0 Å². The number of fused-ring (bicyclic) bond motifs is 3. The highest BCUT2D eigenvalue weighted by Gasteiger charge is 2.48. The molecule has 1 fully saturated rings. The molecule has 0 bridgehead atoms. The summed E-state index contributed by atoms with van der Waals surface area (Å²) in [5.74, 6) is -2.95. The van der Waals surface area contributed by atoms with Crippen molar-refractivity contribution < 1.29 is 13.6 Å². The number of carbonyl (C=O) groups excluding carboxylic acids is 1. The molecule has 2 aliphatic rings. The molecule has 0 spiro atoms. The van der Waals surface area contributed by atoms with Gasteiger partial charge in [-0.1, -0.05) is 0 Å². The Labute approximate surface area is 114 Å². The van der Waals surface area contributed by atoms with Gasteiger partial charge in [-0.25, -0.2) is 13.8 Å². The van der Waals surface area contributed by atoms with Gasteiger partial charge in [0.1, 0.15) is 0 Å². The van der Waals surface area contributed by atoms with Crippen molar-refractivity contribution in [1.29, 1.82) is 0 Å². The largest absolute Gasteiger partial charge is 0.369 e. The molecule has 7 heteroatoms. The molecule has 1 saturated heterocycles. The lowest BCUT2D eigenvalue weighted by Crippen LogP contribution is -2.40. The molecule has 1 atom stereocenters. The fraction of sp³-hybridized carbons (Fsp3) is 0.385. The molecule has 0 saturated carbocycles. The third-order valence-corrected chi connectivity index (χ3v) is 3.67. The third kappa shape index (κ3) is 1.90. The minimum atomic E-state index is -2.80. The topological polar surface area (TPSA) is 70.7 Å². The smallest absolute Gasteiger partial charge is 0.267 e. The molecule has 2 heterocycles. The first-order valence-electron chi connectivity index (χ1n) is 6.26. The van der Waals surface area contributed by atoms with Gasteiger partial charge in [0.15, 0.2) is 5.96 Å². The number of nitrogens with zero attached hydrogens (tertiary/aromatic N) is 2. The number of carbonyl (C=O) groups is 1. The fourth-order valence-corrected chi connectivity index (χ4v) is 2.73. The fourth-order valence-electron chi connectivity index (χ4n) is 2.73. The summed E-state index contributed by atoms with van der Waals surface area (Å²) in [6.45, 7) is -0.434. The molecule has 20 heavy (non-hydrogen) atoms. The van der Waals surface area contributed by atoms with Crippen LogP contribution in [0.3, 0.4) is 0 Å². The van der Waals surface area contributed by atoms with E-state index < -0.39 is 18.5 Å². The number of nitrogens with one attached hydrogen (secondary N) is 1. The van der Waals surface area contributed by atoms with Crippen molar-refractivity contribution in [3.63, 3.8) is 0 Å². The standard InChI is InChI=1S/C13H14F2N4O/c1-17-11(20)7-2-3-9-8(4-7)10-5-13(14,15)6-19(10)12(16)18-9/h2-4,10H,5-6H2,1H3,(H2,16,18)(H,17,20)/t10-/m1/s1. The highest BCUT2D eigenvalue weighted by molar-refractivity contribution is 5.95. The Bertz CT molecular complexity index is 614. The Hall–Kier alpha value is -2.18. The summed E-state index contributed by atoms with van der Waals surface area (Å²) in [6, 6.07) is 4.34. The van der Waals surface area contributed by atoms with Crippen LogP contribution in [0.1, 0.15) is 28.4 Å². The molecule has 1 aromatic rings. The van der Waals surface area contributed by atoms with Gasteiger partial charge in [0.05, 0.1) is 18.3 Å². The van der Waals surface area contributed by atoms with Crippen molar-refractivity contribution in [2.24, 2.45) is 10.7 Å². The minimum absolute atomic E-state index is 0.104. The van der Waals surface area contributed by atoms with Gasteiger partial charge in [-0.05, 0) is 18.2 Å². The zero-order valence-corrected chi connectivity index (χ0v) is 10.9. The van der Waals surface area contributed by atoms with Gasteiger partial charge in [-0.3, -0.25) is 4.79 Å². The van der Waals surface area contributed by atoms with E-state index in [1.807, 2.05) is 0 Å². The van der Waals surface area contributed by atoms with Gasteiger partial charge in [-0.2, -0.15) is 0 Å². The quantitative estimate of drug-likeness (QED) is 0.816. The van der Waals surface area contributed by atoms with E-state index in [1.165, 1.54) is 11.9 Å². The number of amides is 1. The SMILES string of the molecule is CNC(=O)c1ccc2c(c1)[C@H]1CC(F)(F)CN1C(N)=N2. The summed E-state index contributed by atoms with van der Waals surface area (Å²) in [5.41, 5.74) is 7.34. The number of rotatable bonds is 1. The predicted octanol–water partition coefficient (Wildman–Crippen LogP) is 1.39. The Morgan fingerprint density at radius 2 is 2.30 bits per heavy atom. The molecule has 0 unspecified atom stereocenters. The van der Waals surface area contributed by atoms with Gasteiger partial charge >= 0.3 is 0 Å². The lowest BCUT2D eigenvalue weighted by Gasteiger charge is -2.30. The number of benzene rings is 1. The maximum absolute atomic E-state index is 13.6. The second-order valence-corrected chi connectivity index (χ2v) is 5.03. The van der Waals surface area contributed by atoms with E-state index in [9.17, 15) is 13.6 Å². The van der Waals surface area contributed by atoms with Crippen LogP contribution in [0, 0.1) is 0 Å². The summed E-state index contributed by atoms with van der Waals surface area (Å²) < 4.78 is 27.2. The number of guanidine groups is 1. The number of alkyl halides is 2. The molecule has 106 valence electrons. The highest BCUT2D eigenvalue weighted by atomic mass is 19.3. The van der Waals surface area contributed by atoms with Crippen LogP contribution >= 0.6 is 0 Å². The van der Waals surface area contributed by atoms with Gasteiger partial charge in [0, 0.05) is 24.6 Å². The Kier molecular flexibility index (Phi) is 2.67. The van der Waals surface area contributed by atoms with E-state index in [4.69, 9.17) is 5.73 Å². The van der Waals surface area contributed by atoms with Crippen molar-refractivity contribution in [3.8, 4) is 0 Å². The van der Waals surface area contributed by atoms with Crippen LogP contribution in [0.2, 0.25) is 0 Å². The van der Waals surface area contributed by atoms with Crippen molar-refractivity contribution in [2.45, 2.75) is 18.4 Å². The molecular weight excluding hydrogens is 266 g/mol. The van der Waals surface area contributed by atoms with E-state index >= 15 is 0 Å². The Balaban J connectivity index is 2.08. The summed E-state index contributed by atoms with van der Waals surface area (Å²) in [6.07, 6.45) is -0.312. The number of nitrogens with two attached hydrogens (primary N) is 1. The maximum Gasteiger partial charge on any atom is 0.267 e. The molecule has 0 aromatic heterocycles. The second kappa shape index (κ2) is 4.16. The maximum atomic E-state index is 13.6. The minimum Gasteiger partial charge on any atom is -0.369 e. The Morgan fingerprint density at radius 1 is 1.55 bits per heavy atom. The zero-order chi connectivity index (χ0) is 14.5. The van der Waals surface area contributed by atoms with E-state index in [0.29, 0.717) is 16.8 Å². The third-order valence-electron chi connectivity index (χ3n) is 3.67. The van der Waals surface area contributed by atoms with Gasteiger partial charge in [0.2, 0.25) is 0 Å². The van der Waals surface area contributed by atoms with Crippen molar-refractivity contribution in [2.75, 3.05) is 13.6 Å².